The van der Waals surface area contributed by atoms with Gasteiger partial charge in [-0.15, -0.1) is 0 Å². The summed E-state index contributed by atoms with van der Waals surface area (Å²) in [5, 5.41) is 3.80. The zero-order chi connectivity index (χ0) is 20.2. The molecular weight excluding hydrogens is 376 g/mol. The standard InChI is InChI=1S/C23H17F2NO3/c24-23(25)28-18-12-10-16(11-13-18)21(15-6-2-1-3-7-15)26-22(27)20-14-17-8-4-5-9-19(17)29-20/h1-14,21,23H,(H,26,27)/t21-/m1/s1. The average Bonchev–Trinajstić information content (AvgIpc) is 3.17. The Labute approximate surface area is 165 Å². The molecule has 146 valence electrons. The molecule has 0 aliphatic rings. The minimum absolute atomic E-state index is 0.0548. The lowest BCUT2D eigenvalue weighted by Gasteiger charge is -2.19. The molecule has 0 saturated carbocycles. The third kappa shape index (κ3) is 4.27. The summed E-state index contributed by atoms with van der Waals surface area (Å²) in [6, 6.07) is 24.1. The van der Waals surface area contributed by atoms with E-state index in [4.69, 9.17) is 4.42 Å². The van der Waals surface area contributed by atoms with Gasteiger partial charge in [0.25, 0.3) is 5.91 Å². The summed E-state index contributed by atoms with van der Waals surface area (Å²) in [5.74, 6) is -0.119. The number of para-hydroxylation sites is 1. The summed E-state index contributed by atoms with van der Waals surface area (Å²) in [5.41, 5.74) is 2.20. The highest BCUT2D eigenvalue weighted by Crippen LogP contribution is 2.26. The second-order valence-electron chi connectivity index (χ2n) is 6.41. The number of ether oxygens (including phenoxy) is 1. The molecule has 0 spiro atoms. The summed E-state index contributed by atoms with van der Waals surface area (Å²) in [6.07, 6.45) is 0. The van der Waals surface area contributed by atoms with Crippen molar-refractivity contribution in [3.8, 4) is 5.75 Å². The van der Waals surface area contributed by atoms with Crippen LogP contribution >= 0.6 is 0 Å². The first kappa shape index (κ1) is 18.7. The number of amides is 1. The van der Waals surface area contributed by atoms with E-state index in [-0.39, 0.29) is 17.4 Å². The van der Waals surface area contributed by atoms with Gasteiger partial charge in [0.15, 0.2) is 5.76 Å². The Morgan fingerprint density at radius 2 is 1.52 bits per heavy atom. The van der Waals surface area contributed by atoms with E-state index in [0.717, 1.165) is 16.5 Å². The SMILES string of the molecule is O=C(N[C@H](c1ccccc1)c1ccc(OC(F)F)cc1)c1cc2ccccc2o1. The minimum atomic E-state index is -2.89. The van der Waals surface area contributed by atoms with Crippen molar-refractivity contribution in [2.45, 2.75) is 12.7 Å². The zero-order valence-electron chi connectivity index (χ0n) is 15.2. The quantitative estimate of drug-likeness (QED) is 0.467. The van der Waals surface area contributed by atoms with Crippen LogP contribution < -0.4 is 10.1 Å². The molecule has 4 rings (SSSR count). The number of alkyl halides is 2. The predicted octanol–water partition coefficient (Wildman–Crippen LogP) is 5.55. The molecule has 1 heterocycles. The lowest BCUT2D eigenvalue weighted by Crippen LogP contribution is -2.29. The normalized spacial score (nSPS) is 12.1. The lowest BCUT2D eigenvalue weighted by atomic mass is 9.98. The number of benzene rings is 3. The van der Waals surface area contributed by atoms with E-state index in [1.165, 1.54) is 12.1 Å². The maximum absolute atomic E-state index is 12.9. The molecule has 1 aromatic heterocycles. The highest BCUT2D eigenvalue weighted by Gasteiger charge is 2.20. The van der Waals surface area contributed by atoms with Crippen molar-refractivity contribution in [3.63, 3.8) is 0 Å². The summed E-state index contributed by atoms with van der Waals surface area (Å²) in [4.78, 5) is 12.9. The molecule has 6 heteroatoms. The third-order valence-electron chi connectivity index (χ3n) is 4.50. The fourth-order valence-electron chi connectivity index (χ4n) is 3.14. The minimum Gasteiger partial charge on any atom is -0.451 e. The van der Waals surface area contributed by atoms with Gasteiger partial charge >= 0.3 is 6.61 Å². The van der Waals surface area contributed by atoms with Gasteiger partial charge in [-0.05, 0) is 35.4 Å². The fraction of sp³-hybridized carbons (Fsp3) is 0.0870. The second-order valence-corrected chi connectivity index (χ2v) is 6.41. The maximum atomic E-state index is 12.9. The van der Waals surface area contributed by atoms with E-state index in [9.17, 15) is 13.6 Å². The van der Waals surface area contributed by atoms with Crippen molar-refractivity contribution in [2.75, 3.05) is 0 Å². The van der Waals surface area contributed by atoms with Crippen LogP contribution in [0.3, 0.4) is 0 Å². The smallest absolute Gasteiger partial charge is 0.387 e. The number of carbonyl (C=O) groups excluding carboxylic acids is 1. The Hall–Kier alpha value is -3.67. The van der Waals surface area contributed by atoms with Gasteiger partial charge in [0.1, 0.15) is 11.3 Å². The molecule has 1 atom stereocenters. The van der Waals surface area contributed by atoms with Gasteiger partial charge in [-0.2, -0.15) is 8.78 Å². The number of hydrogen-bond donors (Lipinski definition) is 1. The molecule has 1 N–H and O–H groups in total. The van der Waals surface area contributed by atoms with Crippen LogP contribution in [0.25, 0.3) is 11.0 Å². The van der Waals surface area contributed by atoms with E-state index in [1.54, 1.807) is 24.3 Å². The van der Waals surface area contributed by atoms with Crippen molar-refractivity contribution >= 4 is 16.9 Å². The summed E-state index contributed by atoms with van der Waals surface area (Å²) in [7, 11) is 0. The highest BCUT2D eigenvalue weighted by molar-refractivity contribution is 5.96. The Kier molecular flexibility index (Phi) is 5.24. The van der Waals surface area contributed by atoms with Crippen molar-refractivity contribution in [1.29, 1.82) is 0 Å². The second kappa shape index (κ2) is 8.14. The summed E-state index contributed by atoms with van der Waals surface area (Å²) >= 11 is 0. The molecule has 0 fully saturated rings. The largest absolute Gasteiger partial charge is 0.451 e. The van der Waals surface area contributed by atoms with Gasteiger partial charge in [0.2, 0.25) is 0 Å². The first-order valence-electron chi connectivity index (χ1n) is 8.99. The van der Waals surface area contributed by atoms with Crippen LogP contribution in [-0.2, 0) is 0 Å². The predicted molar refractivity (Wildman–Crippen MR) is 105 cm³/mol. The molecule has 0 aliphatic carbocycles. The van der Waals surface area contributed by atoms with Gasteiger partial charge in [-0.25, -0.2) is 0 Å². The van der Waals surface area contributed by atoms with Gasteiger partial charge in [0.05, 0.1) is 6.04 Å². The third-order valence-corrected chi connectivity index (χ3v) is 4.50. The van der Waals surface area contributed by atoms with Crippen molar-refractivity contribution in [2.24, 2.45) is 0 Å². The number of rotatable bonds is 6. The molecule has 1 amide bonds. The molecule has 0 radical (unpaired) electrons. The number of hydrogen-bond acceptors (Lipinski definition) is 3. The van der Waals surface area contributed by atoms with Gasteiger partial charge in [-0.3, -0.25) is 4.79 Å². The highest BCUT2D eigenvalue weighted by atomic mass is 19.3. The maximum Gasteiger partial charge on any atom is 0.387 e. The van der Waals surface area contributed by atoms with E-state index in [0.29, 0.717) is 5.58 Å². The molecule has 0 unspecified atom stereocenters. The number of halogens is 2. The van der Waals surface area contributed by atoms with E-state index in [2.05, 4.69) is 10.1 Å². The van der Waals surface area contributed by atoms with Crippen LogP contribution in [0, 0.1) is 0 Å². The molecule has 4 nitrogen and oxygen atoms in total. The van der Waals surface area contributed by atoms with Crippen LogP contribution in [0.15, 0.2) is 89.3 Å². The molecule has 4 aromatic rings. The molecule has 0 bridgehead atoms. The monoisotopic (exact) mass is 393 g/mol. The first-order chi connectivity index (χ1) is 14.1. The Bertz CT molecular complexity index is 1070. The Balaban J connectivity index is 1.63. The molecule has 29 heavy (non-hydrogen) atoms. The van der Waals surface area contributed by atoms with Gasteiger partial charge in [0, 0.05) is 5.39 Å². The van der Waals surface area contributed by atoms with Crippen LogP contribution in [0.2, 0.25) is 0 Å². The van der Waals surface area contributed by atoms with Crippen LogP contribution in [0.4, 0.5) is 8.78 Å². The molecule has 0 aliphatic heterocycles. The first-order valence-corrected chi connectivity index (χ1v) is 8.99. The van der Waals surface area contributed by atoms with E-state index < -0.39 is 12.7 Å². The van der Waals surface area contributed by atoms with Crippen LogP contribution in [-0.4, -0.2) is 12.5 Å². The zero-order valence-corrected chi connectivity index (χ0v) is 15.2. The van der Waals surface area contributed by atoms with Crippen molar-refractivity contribution in [3.05, 3.63) is 102 Å². The molecule has 0 saturated heterocycles. The Morgan fingerprint density at radius 1 is 0.862 bits per heavy atom. The van der Waals surface area contributed by atoms with E-state index in [1.807, 2.05) is 48.5 Å². The number of carbonyl (C=O) groups is 1. The van der Waals surface area contributed by atoms with Gasteiger partial charge < -0.3 is 14.5 Å². The fourth-order valence-corrected chi connectivity index (χ4v) is 3.14. The number of nitrogens with one attached hydrogen (secondary N) is 1. The lowest BCUT2D eigenvalue weighted by molar-refractivity contribution is -0.0498. The summed E-state index contributed by atoms with van der Waals surface area (Å²) in [6.45, 7) is -2.89. The summed E-state index contributed by atoms with van der Waals surface area (Å²) < 4.78 is 34.9. The number of furan rings is 1. The molecule has 3 aromatic carbocycles. The van der Waals surface area contributed by atoms with Crippen LogP contribution in [0.1, 0.15) is 27.7 Å². The number of fused-ring (bicyclic) bond motifs is 1. The van der Waals surface area contributed by atoms with Crippen molar-refractivity contribution in [1.82, 2.24) is 5.32 Å². The molecular formula is C23H17F2NO3. The topological polar surface area (TPSA) is 51.5 Å². The van der Waals surface area contributed by atoms with Crippen LogP contribution in [0.5, 0.6) is 5.75 Å². The van der Waals surface area contributed by atoms with E-state index >= 15 is 0 Å². The van der Waals surface area contributed by atoms with Crippen molar-refractivity contribution < 1.29 is 22.7 Å². The van der Waals surface area contributed by atoms with Gasteiger partial charge in [-0.1, -0.05) is 60.7 Å². The average molecular weight is 393 g/mol. The Morgan fingerprint density at radius 3 is 2.21 bits per heavy atom.